The molecule has 1 amide bonds. The van der Waals surface area contributed by atoms with Crippen LogP contribution in [0.15, 0.2) is 36.5 Å². The van der Waals surface area contributed by atoms with Crippen molar-refractivity contribution in [3.05, 3.63) is 58.8 Å². The second-order valence-electron chi connectivity index (χ2n) is 5.78. The third-order valence-corrected chi connectivity index (χ3v) is 3.66. The Morgan fingerprint density at radius 2 is 1.88 bits per heavy atom. The predicted octanol–water partition coefficient (Wildman–Crippen LogP) is 3.95. The van der Waals surface area contributed by atoms with Gasteiger partial charge in [0.25, 0.3) is 5.91 Å². The Hall–Kier alpha value is -2.57. The molecule has 1 heterocycles. The van der Waals surface area contributed by atoms with Crippen LogP contribution in [0.3, 0.4) is 0 Å². The molecule has 2 aromatic rings. The first-order chi connectivity index (χ1) is 11.8. The number of anilines is 1. The van der Waals surface area contributed by atoms with Crippen molar-refractivity contribution in [2.45, 2.75) is 26.4 Å². The number of hydrogen-bond donors (Lipinski definition) is 2. The zero-order chi connectivity index (χ0) is 18.4. The molecule has 25 heavy (non-hydrogen) atoms. The quantitative estimate of drug-likeness (QED) is 0.775. The monoisotopic (exact) mass is 351 g/mol. The maximum atomic E-state index is 12.4. The average Bonchev–Trinajstić information content (AvgIpc) is 2.54. The SMILES string of the molecule is Cc1ccc(C(=O)NCCCNc2ccc(C(F)(F)F)cn2)c(C)c1. The molecule has 0 radical (unpaired) electrons. The van der Waals surface area contributed by atoms with Gasteiger partial charge in [-0.3, -0.25) is 4.79 Å². The van der Waals surface area contributed by atoms with Crippen LogP contribution in [-0.4, -0.2) is 24.0 Å². The molecule has 0 bridgehead atoms. The van der Waals surface area contributed by atoms with Crippen LogP contribution in [0.2, 0.25) is 0 Å². The number of benzene rings is 1. The van der Waals surface area contributed by atoms with Gasteiger partial charge in [-0.2, -0.15) is 13.2 Å². The van der Waals surface area contributed by atoms with Crippen LogP contribution < -0.4 is 10.6 Å². The molecule has 7 heteroatoms. The van der Waals surface area contributed by atoms with Gasteiger partial charge in [-0.15, -0.1) is 0 Å². The maximum Gasteiger partial charge on any atom is 0.417 e. The number of hydrogen-bond acceptors (Lipinski definition) is 3. The van der Waals surface area contributed by atoms with Crippen LogP contribution in [0.1, 0.15) is 33.5 Å². The lowest BCUT2D eigenvalue weighted by atomic mass is 10.1. The van der Waals surface area contributed by atoms with Crippen molar-refractivity contribution < 1.29 is 18.0 Å². The molecule has 0 saturated carbocycles. The van der Waals surface area contributed by atoms with E-state index in [1.807, 2.05) is 26.0 Å². The van der Waals surface area contributed by atoms with E-state index in [-0.39, 0.29) is 5.91 Å². The van der Waals surface area contributed by atoms with Crippen molar-refractivity contribution >= 4 is 11.7 Å². The lowest BCUT2D eigenvalue weighted by Gasteiger charge is -2.10. The van der Waals surface area contributed by atoms with Crippen LogP contribution in [0.25, 0.3) is 0 Å². The van der Waals surface area contributed by atoms with Gasteiger partial charge in [-0.05, 0) is 44.0 Å². The lowest BCUT2D eigenvalue weighted by molar-refractivity contribution is -0.137. The molecular formula is C18H20F3N3O. The number of nitrogens with zero attached hydrogens (tertiary/aromatic N) is 1. The van der Waals surface area contributed by atoms with E-state index in [1.54, 1.807) is 6.07 Å². The molecule has 1 aromatic heterocycles. The molecule has 0 aliphatic rings. The summed E-state index contributed by atoms with van der Waals surface area (Å²) in [7, 11) is 0. The van der Waals surface area contributed by atoms with Crippen LogP contribution in [0, 0.1) is 13.8 Å². The number of rotatable bonds is 6. The van der Waals surface area contributed by atoms with Crippen LogP contribution >= 0.6 is 0 Å². The minimum atomic E-state index is -4.38. The van der Waals surface area contributed by atoms with E-state index in [2.05, 4.69) is 15.6 Å². The number of aromatic nitrogens is 1. The first-order valence-corrected chi connectivity index (χ1v) is 7.90. The van der Waals surface area contributed by atoms with Gasteiger partial charge in [0, 0.05) is 24.8 Å². The summed E-state index contributed by atoms with van der Waals surface area (Å²) in [6, 6.07) is 7.91. The summed E-state index contributed by atoms with van der Waals surface area (Å²) >= 11 is 0. The molecule has 0 saturated heterocycles. The molecule has 2 rings (SSSR count). The Morgan fingerprint density at radius 3 is 2.48 bits per heavy atom. The van der Waals surface area contributed by atoms with Gasteiger partial charge < -0.3 is 10.6 Å². The van der Waals surface area contributed by atoms with Gasteiger partial charge in [-0.25, -0.2) is 4.98 Å². The largest absolute Gasteiger partial charge is 0.417 e. The summed E-state index contributed by atoms with van der Waals surface area (Å²) in [5, 5.41) is 5.75. The minimum Gasteiger partial charge on any atom is -0.370 e. The number of carbonyl (C=O) groups is 1. The first kappa shape index (κ1) is 18.8. The molecule has 4 nitrogen and oxygen atoms in total. The number of aryl methyl sites for hydroxylation is 2. The van der Waals surface area contributed by atoms with E-state index in [4.69, 9.17) is 0 Å². The number of halogens is 3. The van der Waals surface area contributed by atoms with Crippen molar-refractivity contribution in [2.24, 2.45) is 0 Å². The highest BCUT2D eigenvalue weighted by atomic mass is 19.4. The Bertz CT molecular complexity index is 727. The van der Waals surface area contributed by atoms with Crippen molar-refractivity contribution in [2.75, 3.05) is 18.4 Å². The third kappa shape index (κ3) is 5.48. The number of pyridine rings is 1. The molecule has 0 aliphatic heterocycles. The smallest absolute Gasteiger partial charge is 0.370 e. The summed E-state index contributed by atoms with van der Waals surface area (Å²) in [4.78, 5) is 15.8. The van der Waals surface area contributed by atoms with Gasteiger partial charge >= 0.3 is 6.18 Å². The Balaban J connectivity index is 1.73. The molecule has 2 N–H and O–H groups in total. The Morgan fingerprint density at radius 1 is 1.12 bits per heavy atom. The van der Waals surface area contributed by atoms with E-state index in [1.165, 1.54) is 6.07 Å². The van der Waals surface area contributed by atoms with Crippen molar-refractivity contribution in [3.63, 3.8) is 0 Å². The second-order valence-corrected chi connectivity index (χ2v) is 5.78. The van der Waals surface area contributed by atoms with Crippen LogP contribution in [0.5, 0.6) is 0 Å². The maximum absolute atomic E-state index is 12.4. The Kier molecular flexibility index (Phi) is 6.01. The van der Waals surface area contributed by atoms with Crippen molar-refractivity contribution in [1.82, 2.24) is 10.3 Å². The van der Waals surface area contributed by atoms with Gasteiger partial charge in [-0.1, -0.05) is 17.7 Å². The highest BCUT2D eigenvalue weighted by Gasteiger charge is 2.30. The summed E-state index contributed by atoms with van der Waals surface area (Å²) in [6.45, 7) is 4.81. The standard InChI is InChI=1S/C18H20F3N3O/c1-12-4-6-15(13(2)10-12)17(25)23-9-3-8-22-16-7-5-14(11-24-16)18(19,20)21/h4-7,10-11H,3,8-9H2,1-2H3,(H,22,24)(H,23,25). The Labute approximate surface area is 144 Å². The van der Waals surface area contributed by atoms with E-state index in [9.17, 15) is 18.0 Å². The molecule has 134 valence electrons. The van der Waals surface area contributed by atoms with E-state index in [0.29, 0.717) is 30.9 Å². The van der Waals surface area contributed by atoms with E-state index < -0.39 is 11.7 Å². The van der Waals surface area contributed by atoms with E-state index in [0.717, 1.165) is 23.4 Å². The highest BCUT2D eigenvalue weighted by molar-refractivity contribution is 5.95. The summed E-state index contributed by atoms with van der Waals surface area (Å²) in [5.41, 5.74) is 1.88. The van der Waals surface area contributed by atoms with E-state index >= 15 is 0 Å². The number of alkyl halides is 3. The van der Waals surface area contributed by atoms with Crippen molar-refractivity contribution in [1.29, 1.82) is 0 Å². The molecule has 0 unspecified atom stereocenters. The van der Waals surface area contributed by atoms with Gasteiger partial charge in [0.05, 0.1) is 5.56 Å². The van der Waals surface area contributed by atoms with Gasteiger partial charge in [0.15, 0.2) is 0 Å². The molecule has 0 spiro atoms. The van der Waals surface area contributed by atoms with Gasteiger partial charge in [0.2, 0.25) is 0 Å². The molecule has 0 aliphatic carbocycles. The topological polar surface area (TPSA) is 54.0 Å². The average molecular weight is 351 g/mol. The summed E-state index contributed by atoms with van der Waals surface area (Å²) < 4.78 is 37.3. The highest BCUT2D eigenvalue weighted by Crippen LogP contribution is 2.28. The van der Waals surface area contributed by atoms with Crippen LogP contribution in [0.4, 0.5) is 19.0 Å². The second kappa shape index (κ2) is 8.00. The lowest BCUT2D eigenvalue weighted by Crippen LogP contribution is -2.26. The molecule has 0 fully saturated rings. The normalized spacial score (nSPS) is 11.2. The summed E-state index contributed by atoms with van der Waals surface area (Å²) in [6.07, 6.45) is -2.96. The van der Waals surface area contributed by atoms with Gasteiger partial charge in [0.1, 0.15) is 5.82 Å². The predicted molar refractivity (Wildman–Crippen MR) is 90.6 cm³/mol. The zero-order valence-electron chi connectivity index (χ0n) is 14.1. The minimum absolute atomic E-state index is 0.134. The first-order valence-electron chi connectivity index (χ1n) is 7.90. The number of amides is 1. The molecular weight excluding hydrogens is 331 g/mol. The fraction of sp³-hybridized carbons (Fsp3) is 0.333. The number of carbonyl (C=O) groups excluding carboxylic acids is 1. The number of nitrogens with one attached hydrogen (secondary N) is 2. The zero-order valence-corrected chi connectivity index (χ0v) is 14.1. The molecule has 1 aromatic carbocycles. The molecule has 0 atom stereocenters. The fourth-order valence-electron chi connectivity index (χ4n) is 2.34. The fourth-order valence-corrected chi connectivity index (χ4v) is 2.34. The van der Waals surface area contributed by atoms with Crippen LogP contribution in [-0.2, 0) is 6.18 Å². The van der Waals surface area contributed by atoms with Crippen molar-refractivity contribution in [3.8, 4) is 0 Å². The third-order valence-electron chi connectivity index (χ3n) is 3.66. The summed E-state index contributed by atoms with van der Waals surface area (Å²) in [5.74, 6) is 0.235.